The molecule has 59 heavy (non-hydrogen) atoms. The van der Waals surface area contributed by atoms with E-state index in [-0.39, 0.29) is 11.4 Å². The summed E-state index contributed by atoms with van der Waals surface area (Å²) in [4.78, 5) is 11.1. The van der Waals surface area contributed by atoms with E-state index in [2.05, 4.69) is 39.1 Å². The summed E-state index contributed by atoms with van der Waals surface area (Å²) in [5, 5.41) is 33.5. The van der Waals surface area contributed by atoms with Crippen LogP contribution in [0.25, 0.3) is 0 Å². The third-order valence-corrected chi connectivity index (χ3v) is 12.3. The van der Waals surface area contributed by atoms with Gasteiger partial charge in [-0.25, -0.2) is 30.0 Å². The van der Waals surface area contributed by atoms with Crippen LogP contribution in [0.2, 0.25) is 0 Å². The fourth-order valence-corrected chi connectivity index (χ4v) is 8.23. The van der Waals surface area contributed by atoms with Crippen molar-refractivity contribution >= 4 is 102 Å². The number of nitrogens with two attached hydrogens (primary N) is 2. The number of carbonyl (C=O) groups is 1. The van der Waals surface area contributed by atoms with Crippen LogP contribution in [0.3, 0.4) is 0 Å². The Morgan fingerprint density at radius 2 is 0.983 bits per heavy atom. The number of hydrogen-bond donors (Lipinski definition) is 6. The van der Waals surface area contributed by atoms with Crippen LogP contribution in [0.15, 0.2) is 118 Å². The van der Waals surface area contributed by atoms with Crippen LogP contribution in [0.5, 0.6) is 0 Å². The summed E-state index contributed by atoms with van der Waals surface area (Å²) < 4.78 is 154. The zero-order valence-corrected chi connectivity index (χ0v) is 33.3. The Hall–Kier alpha value is -5.70. The van der Waals surface area contributed by atoms with E-state index < -0.39 is 136 Å². The molecule has 316 valence electrons. The molecule has 0 aromatic heterocycles. The normalized spacial score (nSPS) is 13.1. The summed E-state index contributed by atoms with van der Waals surface area (Å²) in [5.74, 6) is -3.63. The summed E-state index contributed by atoms with van der Waals surface area (Å²) in [7, 11) is -23.3. The lowest BCUT2D eigenvalue weighted by molar-refractivity contribution is 0.0698. The van der Waals surface area contributed by atoms with Gasteiger partial charge < -0.3 is 16.6 Å². The van der Waals surface area contributed by atoms with Gasteiger partial charge in [0.05, 0.1) is 57.3 Å². The number of rotatable bonds is 18. The van der Waals surface area contributed by atoms with Crippen molar-refractivity contribution in [3.8, 4) is 0 Å². The van der Waals surface area contributed by atoms with Crippen LogP contribution < -0.4 is 11.5 Å². The number of sulfone groups is 2. The highest BCUT2D eigenvalue weighted by Crippen LogP contribution is 2.49. The molecule has 0 aliphatic carbocycles. The fourth-order valence-electron chi connectivity index (χ4n) is 4.56. The van der Waals surface area contributed by atoms with E-state index in [0.717, 1.165) is 36.4 Å². The van der Waals surface area contributed by atoms with Gasteiger partial charge in [-0.3, -0.25) is 13.7 Å². The molecule has 0 heterocycles. The Kier molecular flexibility index (Phi) is 14.1. The first-order chi connectivity index (χ1) is 27.3. The Morgan fingerprint density at radius 1 is 0.559 bits per heavy atom. The molecule has 0 aliphatic heterocycles. The van der Waals surface area contributed by atoms with E-state index in [0.29, 0.717) is 0 Å². The van der Waals surface area contributed by atoms with Gasteiger partial charge in [-0.15, -0.1) is 20.5 Å². The first-order valence-corrected chi connectivity index (χ1v) is 23.0. The Bertz CT molecular complexity index is 2960. The molecule has 30 heteroatoms. The van der Waals surface area contributed by atoms with E-state index >= 15 is 0 Å². The van der Waals surface area contributed by atoms with Crippen molar-refractivity contribution in [3.05, 3.63) is 78.4 Å². The first-order valence-electron chi connectivity index (χ1n) is 15.5. The average Bonchev–Trinajstić information content (AvgIpc) is 3.12. The lowest BCUT2D eigenvalue weighted by atomic mass is 10.1. The molecule has 0 spiro atoms. The van der Waals surface area contributed by atoms with Crippen molar-refractivity contribution < 1.29 is 74.0 Å². The summed E-state index contributed by atoms with van der Waals surface area (Å²) >= 11 is 0. The molecule has 4 aromatic carbocycles. The Morgan fingerprint density at radius 3 is 1.41 bits per heavy atom. The minimum atomic E-state index is -4.95. The lowest BCUT2D eigenvalue weighted by Crippen LogP contribution is -2.15. The number of carboxylic acid groups (broad SMARTS) is 1. The largest absolute Gasteiger partial charge is 0.478 e. The van der Waals surface area contributed by atoms with E-state index in [1.54, 1.807) is 0 Å². The quantitative estimate of drug-likeness (QED) is 0.0462. The highest BCUT2D eigenvalue weighted by atomic mass is 32.3. The van der Waals surface area contributed by atoms with E-state index in [1.807, 2.05) is 0 Å². The summed E-state index contributed by atoms with van der Waals surface area (Å²) in [6.07, 6.45) is 0. The molecule has 0 fully saturated rings. The summed E-state index contributed by atoms with van der Waals surface area (Å²) in [5.41, 5.74) is 7.30. The van der Waals surface area contributed by atoms with Gasteiger partial charge in [0, 0.05) is 0 Å². The van der Waals surface area contributed by atoms with Gasteiger partial charge in [0.25, 0.3) is 10.1 Å². The lowest BCUT2D eigenvalue weighted by Gasteiger charge is -2.13. The van der Waals surface area contributed by atoms with Crippen molar-refractivity contribution in [2.75, 3.05) is 36.2 Å². The molecular weight excluding hydrogens is 893 g/mol. The topological polar surface area (TPSA) is 413 Å². The molecule has 8 N–H and O–H groups in total. The van der Waals surface area contributed by atoms with Crippen molar-refractivity contribution in [3.63, 3.8) is 0 Å². The molecule has 4 aromatic rings. The molecule has 0 bridgehead atoms. The standard InChI is InChI=1S/C29H28N8O17S5/c30-24-26(35-32-17-5-3-7-19(15-17)55(40,41)13-11-53-58(47,48)49)23(29(38)39)27(36-34-21-9-1-2-10-22(21)57(44,45)46)25(31)28(24)37-33-18-6-4-8-20(16-18)56(42,43)14-12-54-59(50,51)52/h1-10,15-16H,11-14,30-31H2,(H,38,39)(H,44,45,46)(H,47,48,49)(H,50,51,52). The number of nitrogen functional groups attached to an aromatic ring is 2. The average molecular weight is 921 g/mol. The molecule has 0 saturated carbocycles. The third-order valence-electron chi connectivity index (χ3n) is 7.16. The van der Waals surface area contributed by atoms with Crippen molar-refractivity contribution in [1.29, 1.82) is 0 Å². The van der Waals surface area contributed by atoms with Crippen LogP contribution in [0.1, 0.15) is 10.4 Å². The minimum absolute atomic E-state index is 0.198. The zero-order valence-electron chi connectivity index (χ0n) is 29.2. The van der Waals surface area contributed by atoms with E-state index in [4.69, 9.17) is 20.6 Å². The first kappa shape index (κ1) is 46.0. The summed E-state index contributed by atoms with van der Waals surface area (Å²) in [6, 6.07) is 13.6. The molecule has 4 rings (SSSR count). The zero-order chi connectivity index (χ0) is 44.0. The maximum absolute atomic E-state index is 12.8. The van der Waals surface area contributed by atoms with Gasteiger partial charge in [-0.2, -0.15) is 35.5 Å². The van der Waals surface area contributed by atoms with E-state index in [1.165, 1.54) is 36.4 Å². The van der Waals surface area contributed by atoms with E-state index in [9.17, 15) is 56.5 Å². The molecule has 0 atom stereocenters. The second-order valence-electron chi connectivity index (χ2n) is 11.2. The van der Waals surface area contributed by atoms with Crippen LogP contribution in [-0.2, 0) is 59.0 Å². The van der Waals surface area contributed by atoms with Crippen molar-refractivity contribution in [2.45, 2.75) is 14.7 Å². The van der Waals surface area contributed by atoms with Crippen LogP contribution in [-0.4, -0.2) is 91.5 Å². The van der Waals surface area contributed by atoms with Crippen molar-refractivity contribution in [1.82, 2.24) is 0 Å². The molecule has 0 amide bonds. The van der Waals surface area contributed by atoms with Gasteiger partial charge in [-0.1, -0.05) is 24.3 Å². The molecule has 0 unspecified atom stereocenters. The second kappa shape index (κ2) is 18.1. The van der Waals surface area contributed by atoms with Crippen molar-refractivity contribution in [2.24, 2.45) is 30.7 Å². The molecule has 0 aliphatic rings. The number of carboxylic acids is 1. The van der Waals surface area contributed by atoms with Gasteiger partial charge >= 0.3 is 26.8 Å². The number of nitrogens with zero attached hydrogens (tertiary/aromatic N) is 6. The smallest absolute Gasteiger partial charge is 0.397 e. The molecule has 25 nitrogen and oxygen atoms in total. The third kappa shape index (κ3) is 12.6. The maximum atomic E-state index is 12.8. The number of benzene rings is 4. The maximum Gasteiger partial charge on any atom is 0.397 e. The van der Waals surface area contributed by atoms with Crippen LogP contribution in [0.4, 0.5) is 45.5 Å². The monoisotopic (exact) mass is 920 g/mol. The predicted octanol–water partition coefficient (Wildman–Crippen LogP) is 4.23. The molecular formula is C29H28N8O17S5. The highest BCUT2D eigenvalue weighted by molar-refractivity contribution is 7.91. The number of anilines is 2. The number of aromatic carboxylic acids is 1. The predicted molar refractivity (Wildman–Crippen MR) is 203 cm³/mol. The second-order valence-corrected chi connectivity index (χ2v) is 19.0. The van der Waals surface area contributed by atoms with Crippen LogP contribution >= 0.6 is 0 Å². The molecule has 0 saturated heterocycles. The fraction of sp³-hybridized carbons (Fsp3) is 0.138. The Balaban J connectivity index is 1.88. The van der Waals surface area contributed by atoms with Gasteiger partial charge in [0.15, 0.2) is 19.7 Å². The molecule has 0 radical (unpaired) electrons. The number of hydrogen-bond acceptors (Lipinski definition) is 21. The number of azo groups is 3. The van der Waals surface area contributed by atoms with Gasteiger partial charge in [0.2, 0.25) is 0 Å². The summed E-state index contributed by atoms with van der Waals surface area (Å²) in [6.45, 7) is -1.89. The Labute approximate surface area is 334 Å². The van der Waals surface area contributed by atoms with Gasteiger partial charge in [0.1, 0.15) is 33.2 Å². The minimum Gasteiger partial charge on any atom is -0.478 e. The van der Waals surface area contributed by atoms with Crippen LogP contribution in [0, 0.1) is 0 Å². The SMILES string of the molecule is Nc1c(N=Nc2cccc(S(=O)(=O)CCOS(=O)(=O)O)c2)c(N)c(N=Nc2ccccc2S(=O)(=O)O)c(C(=O)O)c1N=Nc1cccc(S(=O)(=O)CCOS(=O)(=O)O)c1. The van der Waals surface area contributed by atoms with Gasteiger partial charge in [-0.05, 0) is 48.5 Å². The highest BCUT2D eigenvalue weighted by Gasteiger charge is 2.27.